The lowest BCUT2D eigenvalue weighted by Crippen LogP contribution is -2.20. The van der Waals surface area contributed by atoms with Crippen LogP contribution in [0.2, 0.25) is 0 Å². The van der Waals surface area contributed by atoms with E-state index in [1.54, 1.807) is 0 Å². The summed E-state index contributed by atoms with van der Waals surface area (Å²) in [6, 6.07) is 9.67. The fraction of sp³-hybridized carbons (Fsp3) is 0.625. The third-order valence-electron chi connectivity index (χ3n) is 3.95. The smallest absolute Gasteiger partial charge is 0.00446 e. The van der Waals surface area contributed by atoms with Gasteiger partial charge in [0.2, 0.25) is 0 Å². The maximum atomic E-state index is 6.14. The number of benzene rings is 1. The molecule has 2 unspecified atom stereocenters. The van der Waals surface area contributed by atoms with E-state index in [0.29, 0.717) is 12.0 Å². The number of hydrogen-bond donors (Lipinski definition) is 1. The lowest BCUT2D eigenvalue weighted by molar-refractivity contribution is 0.535. The van der Waals surface area contributed by atoms with Crippen LogP contribution in [0.5, 0.6) is 0 Å². The van der Waals surface area contributed by atoms with Gasteiger partial charge in [0.15, 0.2) is 0 Å². The molecule has 1 aromatic rings. The topological polar surface area (TPSA) is 26.0 Å². The number of hydrogen-bond acceptors (Lipinski definition) is 1. The molecule has 2 atom stereocenters. The van der Waals surface area contributed by atoms with Gasteiger partial charge in [0, 0.05) is 6.04 Å². The van der Waals surface area contributed by atoms with Crippen molar-refractivity contribution in [1.82, 2.24) is 0 Å². The molecule has 17 heavy (non-hydrogen) atoms. The first-order chi connectivity index (χ1) is 8.29. The molecule has 1 nitrogen and oxygen atoms in total. The van der Waals surface area contributed by atoms with Gasteiger partial charge in [0.1, 0.15) is 0 Å². The number of aryl methyl sites for hydroxylation is 1. The van der Waals surface area contributed by atoms with Gasteiger partial charge >= 0.3 is 0 Å². The van der Waals surface area contributed by atoms with Crippen LogP contribution in [-0.2, 0) is 6.42 Å². The molecule has 0 heterocycles. The molecule has 0 amide bonds. The zero-order valence-electron chi connectivity index (χ0n) is 11.0. The summed E-state index contributed by atoms with van der Waals surface area (Å²) < 4.78 is 0. The molecule has 1 saturated carbocycles. The molecule has 1 aliphatic rings. The SMILES string of the molecule is CCCc1ccc(C2CCCCC(N)C2)cc1. The van der Waals surface area contributed by atoms with Crippen molar-refractivity contribution in [2.75, 3.05) is 0 Å². The highest BCUT2D eigenvalue weighted by Gasteiger charge is 2.18. The first kappa shape index (κ1) is 12.6. The second-order valence-electron chi connectivity index (χ2n) is 5.47. The molecule has 0 aromatic heterocycles. The minimum absolute atomic E-state index is 0.415. The van der Waals surface area contributed by atoms with E-state index in [4.69, 9.17) is 5.73 Å². The van der Waals surface area contributed by atoms with Gasteiger partial charge in [0.25, 0.3) is 0 Å². The molecule has 0 saturated heterocycles. The van der Waals surface area contributed by atoms with Crippen molar-refractivity contribution in [3.8, 4) is 0 Å². The standard InChI is InChI=1S/C16H25N/c1-2-5-13-8-10-14(11-9-13)15-6-3-4-7-16(17)12-15/h8-11,15-16H,2-7,12,17H2,1H3. The highest BCUT2D eigenvalue weighted by atomic mass is 14.6. The fourth-order valence-corrected chi connectivity index (χ4v) is 2.95. The Balaban J connectivity index is 2.04. The van der Waals surface area contributed by atoms with Crippen LogP contribution < -0.4 is 5.73 Å². The predicted molar refractivity (Wildman–Crippen MR) is 74.2 cm³/mol. The first-order valence-electron chi connectivity index (χ1n) is 7.14. The molecular formula is C16H25N. The zero-order chi connectivity index (χ0) is 12.1. The van der Waals surface area contributed by atoms with Gasteiger partial charge in [0.05, 0.1) is 0 Å². The summed E-state index contributed by atoms with van der Waals surface area (Å²) in [4.78, 5) is 0. The largest absolute Gasteiger partial charge is 0.328 e. The number of rotatable bonds is 3. The average molecular weight is 231 g/mol. The van der Waals surface area contributed by atoms with Crippen molar-refractivity contribution in [3.05, 3.63) is 35.4 Å². The van der Waals surface area contributed by atoms with Gasteiger partial charge in [-0.2, -0.15) is 0 Å². The van der Waals surface area contributed by atoms with E-state index in [2.05, 4.69) is 31.2 Å². The van der Waals surface area contributed by atoms with E-state index in [1.807, 2.05) is 0 Å². The van der Waals surface area contributed by atoms with E-state index in [9.17, 15) is 0 Å². The van der Waals surface area contributed by atoms with Gasteiger partial charge in [-0.25, -0.2) is 0 Å². The van der Waals surface area contributed by atoms with Crippen LogP contribution in [0.25, 0.3) is 0 Å². The summed E-state index contributed by atoms with van der Waals surface area (Å²) in [5.74, 6) is 0.697. The summed E-state index contributed by atoms with van der Waals surface area (Å²) in [5, 5.41) is 0. The molecule has 1 aliphatic carbocycles. The Labute approximate surface area is 105 Å². The number of nitrogens with two attached hydrogens (primary N) is 1. The molecule has 2 N–H and O–H groups in total. The summed E-state index contributed by atoms with van der Waals surface area (Å²) in [5.41, 5.74) is 9.11. The van der Waals surface area contributed by atoms with Gasteiger partial charge in [-0.3, -0.25) is 0 Å². The molecule has 94 valence electrons. The highest BCUT2D eigenvalue weighted by Crippen LogP contribution is 2.31. The lowest BCUT2D eigenvalue weighted by Gasteiger charge is -2.17. The molecule has 0 radical (unpaired) electrons. The van der Waals surface area contributed by atoms with Crippen LogP contribution in [0.1, 0.15) is 62.5 Å². The Morgan fingerprint density at radius 3 is 2.53 bits per heavy atom. The van der Waals surface area contributed by atoms with Gasteiger partial charge < -0.3 is 5.73 Å². The molecule has 1 fully saturated rings. The van der Waals surface area contributed by atoms with E-state index in [-0.39, 0.29) is 0 Å². The summed E-state index contributed by atoms with van der Waals surface area (Å²) >= 11 is 0. The van der Waals surface area contributed by atoms with Crippen LogP contribution in [0.4, 0.5) is 0 Å². The van der Waals surface area contributed by atoms with Crippen LogP contribution in [0.3, 0.4) is 0 Å². The Morgan fingerprint density at radius 1 is 1.12 bits per heavy atom. The van der Waals surface area contributed by atoms with Crippen molar-refractivity contribution in [1.29, 1.82) is 0 Å². The summed E-state index contributed by atoms with van der Waals surface area (Å²) in [6.45, 7) is 2.23. The van der Waals surface area contributed by atoms with Crippen LogP contribution >= 0.6 is 0 Å². The fourth-order valence-electron chi connectivity index (χ4n) is 2.95. The second-order valence-corrected chi connectivity index (χ2v) is 5.47. The zero-order valence-corrected chi connectivity index (χ0v) is 11.0. The molecule has 0 aliphatic heterocycles. The average Bonchev–Trinajstić information content (AvgIpc) is 2.55. The van der Waals surface area contributed by atoms with Crippen molar-refractivity contribution >= 4 is 0 Å². The quantitative estimate of drug-likeness (QED) is 0.781. The van der Waals surface area contributed by atoms with Crippen LogP contribution in [0, 0.1) is 0 Å². The van der Waals surface area contributed by atoms with Gasteiger partial charge in [-0.1, -0.05) is 50.5 Å². The maximum Gasteiger partial charge on any atom is 0.00446 e. The molecule has 0 spiro atoms. The lowest BCUT2D eigenvalue weighted by atomic mass is 9.90. The monoisotopic (exact) mass is 231 g/mol. The molecule has 2 rings (SSSR count). The minimum atomic E-state index is 0.415. The third kappa shape index (κ3) is 3.57. The van der Waals surface area contributed by atoms with E-state index in [1.165, 1.54) is 56.1 Å². The third-order valence-corrected chi connectivity index (χ3v) is 3.95. The Morgan fingerprint density at radius 2 is 1.82 bits per heavy atom. The van der Waals surface area contributed by atoms with Gasteiger partial charge in [-0.15, -0.1) is 0 Å². The van der Waals surface area contributed by atoms with Crippen LogP contribution in [0.15, 0.2) is 24.3 Å². The second kappa shape index (κ2) is 6.20. The van der Waals surface area contributed by atoms with Crippen molar-refractivity contribution in [2.45, 2.75) is 63.8 Å². The predicted octanol–water partition coefficient (Wildman–Crippen LogP) is 4.01. The summed E-state index contributed by atoms with van der Waals surface area (Å²) in [7, 11) is 0. The highest BCUT2D eigenvalue weighted by molar-refractivity contribution is 5.25. The minimum Gasteiger partial charge on any atom is -0.328 e. The normalized spacial score (nSPS) is 25.5. The van der Waals surface area contributed by atoms with Crippen LogP contribution in [-0.4, -0.2) is 6.04 Å². The van der Waals surface area contributed by atoms with E-state index in [0.717, 1.165) is 0 Å². The molecular weight excluding hydrogens is 206 g/mol. The van der Waals surface area contributed by atoms with Crippen molar-refractivity contribution < 1.29 is 0 Å². The van der Waals surface area contributed by atoms with E-state index < -0.39 is 0 Å². The molecule has 1 aromatic carbocycles. The maximum absolute atomic E-state index is 6.14. The first-order valence-corrected chi connectivity index (χ1v) is 7.14. The molecule has 0 bridgehead atoms. The Bertz CT molecular complexity index is 328. The Kier molecular flexibility index (Phi) is 4.61. The molecule has 1 heteroatoms. The van der Waals surface area contributed by atoms with Gasteiger partial charge in [-0.05, 0) is 42.7 Å². The summed E-state index contributed by atoms with van der Waals surface area (Å²) in [6.07, 6.45) is 8.79. The van der Waals surface area contributed by atoms with E-state index >= 15 is 0 Å². The van der Waals surface area contributed by atoms with Crippen molar-refractivity contribution in [2.24, 2.45) is 5.73 Å². The Hall–Kier alpha value is -0.820. The van der Waals surface area contributed by atoms with Crippen molar-refractivity contribution in [3.63, 3.8) is 0 Å².